The van der Waals surface area contributed by atoms with E-state index in [1.54, 1.807) is 26.2 Å². The fraction of sp³-hybridized carbons (Fsp3) is 0.391. The Kier molecular flexibility index (Phi) is 8.45. The van der Waals surface area contributed by atoms with Crippen LogP contribution in [-0.4, -0.2) is 48.8 Å². The molecule has 2 aromatic carbocycles. The van der Waals surface area contributed by atoms with E-state index in [-0.39, 0.29) is 16.7 Å². The monoisotopic (exact) mass is 445 g/mol. The number of hydrazine groups is 1. The van der Waals surface area contributed by atoms with E-state index in [0.717, 1.165) is 24.0 Å². The highest BCUT2D eigenvalue weighted by molar-refractivity contribution is 7.98. The number of carbonyl (C=O) groups is 2. The molecule has 0 unspecified atom stereocenters. The second-order valence-corrected chi connectivity index (χ2v) is 8.62. The normalized spacial score (nSPS) is 14.5. The summed E-state index contributed by atoms with van der Waals surface area (Å²) in [7, 11) is 1.58. The van der Waals surface area contributed by atoms with Crippen molar-refractivity contribution >= 4 is 23.8 Å². The van der Waals surface area contributed by atoms with Crippen LogP contribution in [0.4, 0.5) is 4.39 Å². The van der Waals surface area contributed by atoms with Crippen LogP contribution < -0.4 is 10.3 Å². The highest BCUT2D eigenvalue weighted by Crippen LogP contribution is 2.25. The number of nitrogens with zero attached hydrogens (tertiary/aromatic N) is 1. The Bertz CT molecular complexity index is 902. The number of aryl methyl sites for hydroxylation is 1. The second-order valence-electron chi connectivity index (χ2n) is 7.52. The Hall–Kier alpha value is -2.42. The number of hydrogen-bond donors (Lipinski definition) is 2. The van der Waals surface area contributed by atoms with Crippen molar-refractivity contribution in [3.63, 3.8) is 0 Å². The zero-order valence-electron chi connectivity index (χ0n) is 17.8. The van der Waals surface area contributed by atoms with Gasteiger partial charge in [0.15, 0.2) is 0 Å². The lowest BCUT2D eigenvalue weighted by Gasteiger charge is -2.31. The minimum atomic E-state index is -0.521. The molecule has 1 aliphatic rings. The number of ether oxygens (including phenoxy) is 1. The fourth-order valence-electron chi connectivity index (χ4n) is 3.53. The number of amides is 2. The zero-order chi connectivity index (χ0) is 22.2. The van der Waals surface area contributed by atoms with Crippen molar-refractivity contribution in [2.24, 2.45) is 0 Å². The maximum absolute atomic E-state index is 14.6. The summed E-state index contributed by atoms with van der Waals surface area (Å²) < 4.78 is 19.6. The van der Waals surface area contributed by atoms with Crippen LogP contribution in [-0.2, 0) is 9.53 Å². The van der Waals surface area contributed by atoms with E-state index in [4.69, 9.17) is 4.74 Å². The molecular weight excluding hydrogens is 417 g/mol. The van der Waals surface area contributed by atoms with Crippen LogP contribution in [0.1, 0.15) is 35.2 Å². The number of hydrogen-bond acceptors (Lipinski definition) is 5. The zero-order valence-corrected chi connectivity index (χ0v) is 18.6. The number of rotatable bonds is 8. The van der Waals surface area contributed by atoms with Gasteiger partial charge in [-0.05, 0) is 48.6 Å². The molecule has 3 rings (SSSR count). The van der Waals surface area contributed by atoms with Gasteiger partial charge in [0.05, 0.1) is 18.6 Å². The van der Waals surface area contributed by atoms with Crippen molar-refractivity contribution in [1.29, 1.82) is 0 Å². The summed E-state index contributed by atoms with van der Waals surface area (Å²) in [6, 6.07) is 12.9. The van der Waals surface area contributed by atoms with Crippen LogP contribution in [0.5, 0.6) is 0 Å². The van der Waals surface area contributed by atoms with Crippen molar-refractivity contribution in [2.45, 2.75) is 31.4 Å². The van der Waals surface area contributed by atoms with E-state index in [2.05, 4.69) is 10.3 Å². The molecule has 1 saturated heterocycles. The van der Waals surface area contributed by atoms with Gasteiger partial charge in [0.25, 0.3) is 5.91 Å². The summed E-state index contributed by atoms with van der Waals surface area (Å²) in [5.41, 5.74) is 4.74. The summed E-state index contributed by atoms with van der Waals surface area (Å²) in [5, 5.41) is 0.258. The van der Waals surface area contributed by atoms with Crippen LogP contribution in [0, 0.1) is 12.7 Å². The molecular formula is C23H28FN3O3S. The van der Waals surface area contributed by atoms with Gasteiger partial charge in [-0.25, -0.2) is 4.39 Å². The van der Waals surface area contributed by atoms with Crippen LogP contribution in [0.15, 0.2) is 42.5 Å². The lowest BCUT2D eigenvalue weighted by atomic mass is 9.99. The molecule has 6 nitrogen and oxygen atoms in total. The molecule has 0 saturated carbocycles. The lowest BCUT2D eigenvalue weighted by molar-refractivity contribution is -0.132. The largest absolute Gasteiger partial charge is 0.384 e. The SMILES string of the molecule is COCCC(=O)N1CCC(SNNC(=O)c2cc(-c3ccccc3)cc(C)c2F)CC1. The van der Waals surface area contributed by atoms with Gasteiger partial charge in [0, 0.05) is 25.4 Å². The van der Waals surface area contributed by atoms with E-state index in [1.807, 2.05) is 35.2 Å². The first-order valence-electron chi connectivity index (χ1n) is 10.3. The molecule has 1 aliphatic heterocycles. The Morgan fingerprint density at radius 3 is 2.55 bits per heavy atom. The Labute approximate surface area is 186 Å². The van der Waals surface area contributed by atoms with Crippen molar-refractivity contribution in [3.8, 4) is 11.1 Å². The molecule has 1 fully saturated rings. The van der Waals surface area contributed by atoms with E-state index < -0.39 is 11.7 Å². The van der Waals surface area contributed by atoms with Crippen molar-refractivity contribution in [2.75, 3.05) is 26.8 Å². The van der Waals surface area contributed by atoms with Crippen LogP contribution >= 0.6 is 11.9 Å². The van der Waals surface area contributed by atoms with Crippen molar-refractivity contribution in [3.05, 3.63) is 59.4 Å². The molecule has 8 heteroatoms. The number of methoxy groups -OCH3 is 1. The molecule has 2 N–H and O–H groups in total. The lowest BCUT2D eigenvalue weighted by Crippen LogP contribution is -2.41. The van der Waals surface area contributed by atoms with Gasteiger partial charge in [0.1, 0.15) is 5.82 Å². The number of halogens is 1. The molecule has 1 heterocycles. The Morgan fingerprint density at radius 2 is 1.87 bits per heavy atom. The van der Waals surface area contributed by atoms with Gasteiger partial charge in [-0.1, -0.05) is 42.3 Å². The second kappa shape index (κ2) is 11.3. The number of benzene rings is 2. The minimum Gasteiger partial charge on any atom is -0.384 e. The Balaban J connectivity index is 1.51. The third-order valence-corrected chi connectivity index (χ3v) is 6.34. The third-order valence-electron chi connectivity index (χ3n) is 5.31. The number of likely N-dealkylation sites (tertiary alicyclic amines) is 1. The average molecular weight is 446 g/mol. The fourth-order valence-corrected chi connectivity index (χ4v) is 4.29. The molecule has 31 heavy (non-hydrogen) atoms. The van der Waals surface area contributed by atoms with Crippen molar-refractivity contribution in [1.82, 2.24) is 15.2 Å². The van der Waals surface area contributed by atoms with Crippen molar-refractivity contribution < 1.29 is 18.7 Å². The smallest absolute Gasteiger partial charge is 0.269 e. The first-order chi connectivity index (χ1) is 15.0. The van der Waals surface area contributed by atoms with Gasteiger partial charge in [-0.3, -0.25) is 15.0 Å². The summed E-state index contributed by atoms with van der Waals surface area (Å²) in [4.78, 5) is 29.4. The Morgan fingerprint density at radius 1 is 1.16 bits per heavy atom. The first kappa shape index (κ1) is 23.2. The van der Waals surface area contributed by atoms with Crippen LogP contribution in [0.3, 0.4) is 0 Å². The molecule has 0 atom stereocenters. The van der Waals surface area contributed by atoms with E-state index in [1.165, 1.54) is 11.9 Å². The molecule has 2 amide bonds. The number of carbonyl (C=O) groups excluding carboxylic acids is 2. The summed E-state index contributed by atoms with van der Waals surface area (Å²) in [6.07, 6.45) is 2.04. The van der Waals surface area contributed by atoms with Gasteiger partial charge in [-0.2, -0.15) is 4.83 Å². The number of piperidine rings is 1. The maximum atomic E-state index is 14.6. The molecule has 0 bridgehead atoms. The van der Waals surface area contributed by atoms with Crippen LogP contribution in [0.25, 0.3) is 11.1 Å². The standard InChI is InChI=1S/C23H28FN3O3S/c1-16-14-18(17-6-4-3-5-7-17)15-20(22(16)24)23(29)25-26-31-19-8-11-27(12-9-19)21(28)10-13-30-2/h3-7,14-15,19,26H,8-13H2,1-2H3,(H,25,29). The van der Waals surface area contributed by atoms with Gasteiger partial charge in [-0.15, -0.1) is 0 Å². The topological polar surface area (TPSA) is 70.7 Å². The molecule has 0 spiro atoms. The summed E-state index contributed by atoms with van der Waals surface area (Å²) in [6.45, 7) is 3.45. The van der Waals surface area contributed by atoms with E-state index in [9.17, 15) is 14.0 Å². The average Bonchev–Trinajstić information content (AvgIpc) is 2.80. The summed E-state index contributed by atoms with van der Waals surface area (Å²) in [5.74, 6) is -0.930. The van der Waals surface area contributed by atoms with Gasteiger partial charge in [0.2, 0.25) is 5.91 Å². The molecule has 0 aromatic heterocycles. The van der Waals surface area contributed by atoms with E-state index in [0.29, 0.717) is 31.7 Å². The highest BCUT2D eigenvalue weighted by Gasteiger charge is 2.23. The number of nitrogens with one attached hydrogen (secondary N) is 2. The third kappa shape index (κ3) is 6.29. The first-order valence-corrected chi connectivity index (χ1v) is 11.2. The summed E-state index contributed by atoms with van der Waals surface area (Å²) >= 11 is 1.40. The van der Waals surface area contributed by atoms with Crippen LogP contribution in [0.2, 0.25) is 0 Å². The quantitative estimate of drug-likeness (QED) is 0.479. The molecule has 0 aliphatic carbocycles. The maximum Gasteiger partial charge on any atom is 0.269 e. The predicted molar refractivity (Wildman–Crippen MR) is 121 cm³/mol. The van der Waals surface area contributed by atoms with E-state index >= 15 is 0 Å². The molecule has 2 aromatic rings. The molecule has 0 radical (unpaired) electrons. The predicted octanol–water partition coefficient (Wildman–Crippen LogP) is 3.71. The minimum absolute atomic E-state index is 0.00510. The highest BCUT2D eigenvalue weighted by atomic mass is 32.2. The van der Waals surface area contributed by atoms with Gasteiger partial charge < -0.3 is 9.64 Å². The van der Waals surface area contributed by atoms with Gasteiger partial charge >= 0.3 is 0 Å². The molecule has 166 valence electrons.